The first-order valence-electron chi connectivity index (χ1n) is 11.6. The summed E-state index contributed by atoms with van der Waals surface area (Å²) in [6, 6.07) is 19.5. The third-order valence-electron chi connectivity index (χ3n) is 6.61. The lowest BCUT2D eigenvalue weighted by Crippen LogP contribution is -2.37. The molecule has 1 unspecified atom stereocenters. The van der Waals surface area contributed by atoms with Crippen LogP contribution in [-0.4, -0.2) is 28.9 Å². The lowest BCUT2D eigenvalue weighted by molar-refractivity contribution is 0.102. The summed E-state index contributed by atoms with van der Waals surface area (Å²) in [6.45, 7) is 6.28. The topological polar surface area (TPSA) is 58.4 Å². The van der Waals surface area contributed by atoms with Crippen LogP contribution in [0.15, 0.2) is 77.5 Å². The number of fused-ring (bicyclic) bond motifs is 1. The molecule has 1 aliphatic heterocycles. The number of carbonyl (C=O) groups excluding carboxylic acids is 1. The molecular formula is C28H29N3O2. The minimum atomic E-state index is -0.139. The molecule has 1 fully saturated rings. The Labute approximate surface area is 194 Å². The number of rotatable bonds is 5. The third-order valence-corrected chi connectivity index (χ3v) is 6.61. The predicted molar refractivity (Wildman–Crippen MR) is 131 cm³/mol. The van der Waals surface area contributed by atoms with Gasteiger partial charge in [0.1, 0.15) is 5.58 Å². The molecule has 33 heavy (non-hydrogen) atoms. The van der Waals surface area contributed by atoms with Crippen molar-refractivity contribution in [1.29, 1.82) is 0 Å². The van der Waals surface area contributed by atoms with Gasteiger partial charge in [0, 0.05) is 23.3 Å². The minimum absolute atomic E-state index is 0.119. The van der Waals surface area contributed by atoms with E-state index in [-0.39, 0.29) is 11.9 Å². The van der Waals surface area contributed by atoms with E-state index in [9.17, 15) is 4.79 Å². The molecule has 5 rings (SSSR count). The maximum atomic E-state index is 13.2. The first-order chi connectivity index (χ1) is 16.1. The third kappa shape index (κ3) is 4.41. The summed E-state index contributed by atoms with van der Waals surface area (Å²) in [4.78, 5) is 20.1. The van der Waals surface area contributed by atoms with Crippen molar-refractivity contribution in [3.05, 3.63) is 95.5 Å². The van der Waals surface area contributed by atoms with Crippen LogP contribution in [0.2, 0.25) is 0 Å². The summed E-state index contributed by atoms with van der Waals surface area (Å²) in [5.74, 6) is 1.34. The molecule has 1 atom stereocenters. The number of aromatic nitrogens is 1. The molecule has 2 aromatic heterocycles. The second-order valence-electron chi connectivity index (χ2n) is 9.07. The van der Waals surface area contributed by atoms with Crippen LogP contribution in [0.4, 0.5) is 5.69 Å². The predicted octanol–water partition coefficient (Wildman–Crippen LogP) is 6.21. The van der Waals surface area contributed by atoms with Gasteiger partial charge in [-0.3, -0.25) is 14.7 Å². The Morgan fingerprint density at radius 1 is 1.06 bits per heavy atom. The van der Waals surface area contributed by atoms with Crippen molar-refractivity contribution in [2.24, 2.45) is 5.92 Å². The fourth-order valence-corrected chi connectivity index (χ4v) is 4.63. The quantitative estimate of drug-likeness (QED) is 0.402. The highest BCUT2D eigenvalue weighted by Gasteiger charge is 2.32. The number of likely N-dealkylation sites (tertiary alicyclic amines) is 1. The van der Waals surface area contributed by atoms with Crippen LogP contribution < -0.4 is 5.32 Å². The number of carbonyl (C=O) groups is 1. The largest absolute Gasteiger partial charge is 0.457 e. The van der Waals surface area contributed by atoms with Crippen molar-refractivity contribution in [2.45, 2.75) is 32.7 Å². The molecule has 1 N–H and O–H groups in total. The number of aryl methyl sites for hydroxylation is 1. The van der Waals surface area contributed by atoms with Gasteiger partial charge in [-0.2, -0.15) is 0 Å². The number of hydrogen-bond donors (Lipinski definition) is 1. The molecule has 3 heterocycles. The van der Waals surface area contributed by atoms with Crippen LogP contribution in [0.1, 0.15) is 53.1 Å². The maximum Gasteiger partial charge on any atom is 0.255 e. The highest BCUT2D eigenvalue weighted by atomic mass is 16.3. The van der Waals surface area contributed by atoms with Crippen LogP contribution in [-0.2, 0) is 0 Å². The normalized spacial score (nSPS) is 16.1. The Morgan fingerprint density at radius 3 is 2.55 bits per heavy atom. The average Bonchev–Trinajstić information content (AvgIpc) is 3.19. The van der Waals surface area contributed by atoms with Crippen LogP contribution in [0.5, 0.6) is 0 Å². The van der Waals surface area contributed by atoms with E-state index in [0.717, 1.165) is 59.5 Å². The zero-order valence-corrected chi connectivity index (χ0v) is 19.1. The molecule has 5 heteroatoms. The lowest BCUT2D eigenvalue weighted by atomic mass is 9.94. The molecule has 4 aromatic rings. The van der Waals surface area contributed by atoms with Gasteiger partial charge in [-0.1, -0.05) is 42.8 Å². The van der Waals surface area contributed by atoms with Crippen molar-refractivity contribution in [3.8, 4) is 0 Å². The van der Waals surface area contributed by atoms with Crippen molar-refractivity contribution in [2.75, 3.05) is 18.4 Å². The second-order valence-corrected chi connectivity index (χ2v) is 9.07. The number of amides is 1. The first-order valence-corrected chi connectivity index (χ1v) is 11.6. The lowest BCUT2D eigenvalue weighted by Gasteiger charge is -2.36. The van der Waals surface area contributed by atoms with E-state index in [1.807, 2.05) is 67.7 Å². The molecule has 1 amide bonds. The molecular weight excluding hydrogens is 410 g/mol. The number of piperidine rings is 1. The summed E-state index contributed by atoms with van der Waals surface area (Å²) in [7, 11) is 0. The van der Waals surface area contributed by atoms with Crippen LogP contribution in [0.3, 0.4) is 0 Å². The standard InChI is InChI=1S/C28H29N3O2/c1-19-9-11-21(12-10-19)28(32)30-25-23-7-3-4-8-24(23)33-27(25)26(22-6-5-15-29-18-22)31-16-13-20(2)14-17-31/h3-12,15,18,20,26H,13-14,16-17H2,1-2H3,(H,30,32). The number of anilines is 1. The van der Waals surface area contributed by atoms with E-state index in [4.69, 9.17) is 4.42 Å². The minimum Gasteiger partial charge on any atom is -0.457 e. The Bertz CT molecular complexity index is 1240. The SMILES string of the molecule is Cc1ccc(C(=O)Nc2c(C(c3cccnc3)N3CCC(C)CC3)oc3ccccc23)cc1. The van der Waals surface area contributed by atoms with E-state index < -0.39 is 0 Å². The second kappa shape index (κ2) is 9.20. The molecule has 0 saturated carbocycles. The molecule has 1 aliphatic rings. The Kier molecular flexibility index (Phi) is 5.97. The Morgan fingerprint density at radius 2 is 1.82 bits per heavy atom. The van der Waals surface area contributed by atoms with Gasteiger partial charge in [0.2, 0.25) is 0 Å². The van der Waals surface area contributed by atoms with Crippen LogP contribution in [0, 0.1) is 12.8 Å². The number of nitrogens with zero attached hydrogens (tertiary/aromatic N) is 2. The summed E-state index contributed by atoms with van der Waals surface area (Å²) < 4.78 is 6.47. The van der Waals surface area contributed by atoms with Gasteiger partial charge in [-0.15, -0.1) is 0 Å². The number of pyridine rings is 1. The van der Waals surface area contributed by atoms with Gasteiger partial charge in [-0.25, -0.2) is 0 Å². The number of hydrogen-bond acceptors (Lipinski definition) is 4. The monoisotopic (exact) mass is 439 g/mol. The Balaban J connectivity index is 1.60. The molecule has 1 saturated heterocycles. The first kappa shape index (κ1) is 21.4. The number of para-hydroxylation sites is 1. The smallest absolute Gasteiger partial charge is 0.255 e. The maximum absolute atomic E-state index is 13.2. The van der Waals surface area contributed by atoms with Crippen molar-refractivity contribution in [1.82, 2.24) is 9.88 Å². The highest BCUT2D eigenvalue weighted by molar-refractivity contribution is 6.09. The fraction of sp³-hybridized carbons (Fsp3) is 0.286. The van der Waals surface area contributed by atoms with E-state index in [0.29, 0.717) is 11.5 Å². The summed E-state index contributed by atoms with van der Waals surface area (Å²) in [5.41, 5.74) is 4.32. The van der Waals surface area contributed by atoms with Gasteiger partial charge in [0.15, 0.2) is 5.76 Å². The number of furan rings is 1. The summed E-state index contributed by atoms with van der Waals surface area (Å²) >= 11 is 0. The summed E-state index contributed by atoms with van der Waals surface area (Å²) in [6.07, 6.45) is 5.98. The van der Waals surface area contributed by atoms with Gasteiger partial charge in [0.05, 0.1) is 11.7 Å². The van der Waals surface area contributed by atoms with E-state index in [2.05, 4.69) is 28.2 Å². The van der Waals surface area contributed by atoms with Gasteiger partial charge < -0.3 is 9.73 Å². The van der Waals surface area contributed by atoms with Crippen LogP contribution >= 0.6 is 0 Å². The zero-order chi connectivity index (χ0) is 22.8. The fourth-order valence-electron chi connectivity index (χ4n) is 4.63. The number of nitrogens with one attached hydrogen (secondary N) is 1. The van der Waals surface area contributed by atoms with Crippen LogP contribution in [0.25, 0.3) is 11.0 Å². The molecule has 5 nitrogen and oxygen atoms in total. The van der Waals surface area contributed by atoms with Gasteiger partial charge in [0.25, 0.3) is 5.91 Å². The zero-order valence-electron chi connectivity index (χ0n) is 19.1. The molecule has 0 aliphatic carbocycles. The van der Waals surface area contributed by atoms with Crippen molar-refractivity contribution < 1.29 is 9.21 Å². The Hall–Kier alpha value is -3.44. The summed E-state index contributed by atoms with van der Waals surface area (Å²) in [5, 5.41) is 4.10. The van der Waals surface area contributed by atoms with E-state index in [1.54, 1.807) is 6.20 Å². The van der Waals surface area contributed by atoms with Crippen molar-refractivity contribution >= 4 is 22.6 Å². The average molecular weight is 440 g/mol. The highest BCUT2D eigenvalue weighted by Crippen LogP contribution is 2.41. The number of benzene rings is 2. The van der Waals surface area contributed by atoms with Crippen molar-refractivity contribution in [3.63, 3.8) is 0 Å². The van der Waals surface area contributed by atoms with E-state index in [1.165, 1.54) is 0 Å². The van der Waals surface area contributed by atoms with Gasteiger partial charge in [-0.05, 0) is 74.7 Å². The molecule has 2 aromatic carbocycles. The van der Waals surface area contributed by atoms with Gasteiger partial charge >= 0.3 is 0 Å². The molecule has 0 bridgehead atoms. The molecule has 168 valence electrons. The molecule has 0 radical (unpaired) electrons. The van der Waals surface area contributed by atoms with E-state index >= 15 is 0 Å². The molecule has 0 spiro atoms.